The fourth-order valence-corrected chi connectivity index (χ4v) is 4.83. The van der Waals surface area contributed by atoms with Crippen LogP contribution >= 0.6 is 11.5 Å². The molecule has 180 valence electrons. The van der Waals surface area contributed by atoms with Crippen LogP contribution in [0.15, 0.2) is 66.7 Å². The van der Waals surface area contributed by atoms with Crippen molar-refractivity contribution in [1.82, 2.24) is 9.36 Å². The predicted molar refractivity (Wildman–Crippen MR) is 131 cm³/mol. The number of hydrogen-bond donors (Lipinski definition) is 1. The lowest BCUT2D eigenvalue weighted by Gasteiger charge is -2.14. The Balaban J connectivity index is 1.69. The van der Waals surface area contributed by atoms with Crippen LogP contribution in [-0.4, -0.2) is 20.4 Å². The van der Waals surface area contributed by atoms with Gasteiger partial charge in [-0.25, -0.2) is 4.98 Å². The van der Waals surface area contributed by atoms with Gasteiger partial charge in [-0.2, -0.15) is 17.5 Å². The number of alkyl halides is 3. The third-order valence-corrected chi connectivity index (χ3v) is 6.55. The molecular weight excluding hydrogens is 473 g/mol. The average molecular weight is 497 g/mol. The van der Waals surface area contributed by atoms with Gasteiger partial charge in [0.2, 0.25) is 0 Å². The molecule has 0 unspecified atom stereocenters. The molecule has 3 aromatic carbocycles. The summed E-state index contributed by atoms with van der Waals surface area (Å²) >= 11 is 1.06. The van der Waals surface area contributed by atoms with E-state index in [-0.39, 0.29) is 12.0 Å². The molecule has 0 spiro atoms. The van der Waals surface area contributed by atoms with Crippen molar-refractivity contribution in [2.45, 2.75) is 38.8 Å². The molecule has 4 aromatic rings. The Morgan fingerprint density at radius 2 is 1.74 bits per heavy atom. The molecule has 0 bridgehead atoms. The molecule has 0 atom stereocenters. The molecule has 0 radical (unpaired) electrons. The molecular formula is C27H23F3N2O2S. The summed E-state index contributed by atoms with van der Waals surface area (Å²) in [6, 6.07) is 18.5. The van der Waals surface area contributed by atoms with Crippen LogP contribution in [0.4, 0.5) is 13.2 Å². The molecule has 0 saturated carbocycles. The zero-order chi connectivity index (χ0) is 25.0. The smallest absolute Gasteiger partial charge is 0.417 e. The van der Waals surface area contributed by atoms with Crippen LogP contribution in [0.2, 0.25) is 0 Å². The van der Waals surface area contributed by atoms with Gasteiger partial charge in [0.15, 0.2) is 5.82 Å². The van der Waals surface area contributed by atoms with Crippen LogP contribution in [-0.2, 0) is 23.8 Å². The van der Waals surface area contributed by atoms with E-state index in [0.717, 1.165) is 34.3 Å². The van der Waals surface area contributed by atoms with Gasteiger partial charge in [-0.15, -0.1) is 0 Å². The minimum absolute atomic E-state index is 0.0903. The zero-order valence-electron chi connectivity index (χ0n) is 19.0. The Labute approximate surface area is 205 Å². The first-order valence-corrected chi connectivity index (χ1v) is 12.0. The Bertz CT molecular complexity index is 1330. The van der Waals surface area contributed by atoms with E-state index in [0.29, 0.717) is 41.2 Å². The molecule has 1 heterocycles. The van der Waals surface area contributed by atoms with Crippen molar-refractivity contribution < 1.29 is 23.1 Å². The topological polar surface area (TPSA) is 63.1 Å². The maximum Gasteiger partial charge on any atom is 0.417 e. The first-order chi connectivity index (χ1) is 16.8. The zero-order valence-corrected chi connectivity index (χ0v) is 19.8. The minimum Gasteiger partial charge on any atom is -0.481 e. The van der Waals surface area contributed by atoms with Gasteiger partial charge in [-0.3, -0.25) is 4.79 Å². The lowest BCUT2D eigenvalue weighted by atomic mass is 9.95. The molecule has 1 N–H and O–H groups in total. The first-order valence-electron chi connectivity index (χ1n) is 11.2. The standard InChI is InChI=1S/C27H23F3N2O2S/c1-2-20-17(11-7-13-24(33)34)10-6-12-22(20)25-31-26(35-32-25)19-14-15-21(18-8-4-3-5-9-18)23(16-19)27(28,29)30/h3-6,8-10,12,14-16H,2,7,11,13H2,1H3,(H,33,34). The summed E-state index contributed by atoms with van der Waals surface area (Å²) in [6.07, 6.45) is -2.58. The second-order valence-electron chi connectivity index (χ2n) is 8.09. The lowest BCUT2D eigenvalue weighted by Crippen LogP contribution is -2.07. The number of halogens is 3. The Morgan fingerprint density at radius 1 is 0.971 bits per heavy atom. The van der Waals surface area contributed by atoms with Gasteiger partial charge in [0.05, 0.1) is 5.56 Å². The van der Waals surface area contributed by atoms with E-state index in [1.54, 1.807) is 36.4 Å². The van der Waals surface area contributed by atoms with Crippen LogP contribution in [0.1, 0.15) is 36.5 Å². The van der Waals surface area contributed by atoms with Crippen molar-refractivity contribution in [1.29, 1.82) is 0 Å². The Kier molecular flexibility index (Phi) is 7.31. The highest BCUT2D eigenvalue weighted by atomic mass is 32.1. The van der Waals surface area contributed by atoms with Crippen molar-refractivity contribution in [3.05, 3.63) is 83.4 Å². The van der Waals surface area contributed by atoms with Gasteiger partial charge in [-0.1, -0.05) is 67.6 Å². The first kappa shape index (κ1) is 24.6. The summed E-state index contributed by atoms with van der Waals surface area (Å²) < 4.78 is 46.2. The maximum absolute atomic E-state index is 13.9. The van der Waals surface area contributed by atoms with Crippen LogP contribution in [0.3, 0.4) is 0 Å². The van der Waals surface area contributed by atoms with Crippen LogP contribution in [0, 0.1) is 0 Å². The molecule has 0 saturated heterocycles. The monoisotopic (exact) mass is 496 g/mol. The summed E-state index contributed by atoms with van der Waals surface area (Å²) in [4.78, 5) is 15.4. The van der Waals surface area contributed by atoms with Crippen LogP contribution in [0.5, 0.6) is 0 Å². The van der Waals surface area contributed by atoms with E-state index in [4.69, 9.17) is 5.11 Å². The fraction of sp³-hybridized carbons (Fsp3) is 0.222. The summed E-state index contributed by atoms with van der Waals surface area (Å²) in [5, 5.41) is 9.33. The van der Waals surface area contributed by atoms with Gasteiger partial charge in [0.1, 0.15) is 5.01 Å². The molecule has 0 aliphatic heterocycles. The van der Waals surface area contributed by atoms with Crippen molar-refractivity contribution >= 4 is 17.5 Å². The normalized spacial score (nSPS) is 11.5. The number of aliphatic carboxylic acids is 1. The van der Waals surface area contributed by atoms with E-state index < -0.39 is 17.7 Å². The number of aromatic nitrogens is 2. The molecule has 0 aliphatic rings. The third kappa shape index (κ3) is 5.59. The third-order valence-electron chi connectivity index (χ3n) is 5.79. The molecule has 4 nitrogen and oxygen atoms in total. The lowest BCUT2D eigenvalue weighted by molar-refractivity contribution is -0.138. The fourth-order valence-electron chi connectivity index (χ4n) is 4.16. The number of carboxylic acids is 1. The van der Waals surface area contributed by atoms with Gasteiger partial charge >= 0.3 is 12.1 Å². The number of carbonyl (C=O) groups is 1. The second kappa shape index (κ2) is 10.4. The highest BCUT2D eigenvalue weighted by molar-refractivity contribution is 7.09. The van der Waals surface area contributed by atoms with E-state index in [9.17, 15) is 18.0 Å². The number of carboxylic acid groups (broad SMARTS) is 1. The van der Waals surface area contributed by atoms with Crippen LogP contribution in [0.25, 0.3) is 33.1 Å². The van der Waals surface area contributed by atoms with Crippen molar-refractivity contribution in [2.75, 3.05) is 0 Å². The molecule has 0 aliphatic carbocycles. The van der Waals surface area contributed by atoms with Crippen molar-refractivity contribution in [2.24, 2.45) is 0 Å². The minimum atomic E-state index is -4.52. The number of hydrogen-bond acceptors (Lipinski definition) is 4. The Morgan fingerprint density at radius 3 is 2.43 bits per heavy atom. The molecule has 0 fully saturated rings. The Hall–Kier alpha value is -3.52. The van der Waals surface area contributed by atoms with E-state index in [2.05, 4.69) is 9.36 Å². The number of nitrogens with zero attached hydrogens (tertiary/aromatic N) is 2. The highest BCUT2D eigenvalue weighted by Gasteiger charge is 2.34. The quantitative estimate of drug-likeness (QED) is 0.274. The summed E-state index contributed by atoms with van der Waals surface area (Å²) in [6.45, 7) is 2.00. The predicted octanol–water partition coefficient (Wildman–Crippen LogP) is 7.53. The molecule has 8 heteroatoms. The number of benzene rings is 3. The number of rotatable bonds is 8. The van der Waals surface area contributed by atoms with E-state index in [1.165, 1.54) is 6.07 Å². The van der Waals surface area contributed by atoms with Crippen LogP contribution < -0.4 is 0 Å². The van der Waals surface area contributed by atoms with E-state index in [1.807, 2.05) is 25.1 Å². The van der Waals surface area contributed by atoms with Gasteiger partial charge in [-0.05, 0) is 59.1 Å². The maximum atomic E-state index is 13.9. The average Bonchev–Trinajstić information content (AvgIpc) is 3.33. The molecule has 4 rings (SSSR count). The summed E-state index contributed by atoms with van der Waals surface area (Å²) in [5.74, 6) is -0.371. The van der Waals surface area contributed by atoms with Gasteiger partial charge in [0, 0.05) is 17.5 Å². The SMILES string of the molecule is CCc1c(CCCC(=O)O)cccc1-c1nsc(-c2ccc(-c3ccccc3)c(C(F)(F)F)c2)n1. The molecule has 35 heavy (non-hydrogen) atoms. The molecule has 0 amide bonds. The highest BCUT2D eigenvalue weighted by Crippen LogP contribution is 2.40. The second-order valence-corrected chi connectivity index (χ2v) is 8.84. The van der Waals surface area contributed by atoms with Gasteiger partial charge < -0.3 is 5.11 Å². The summed E-state index contributed by atoms with van der Waals surface area (Å²) in [7, 11) is 0. The van der Waals surface area contributed by atoms with Crippen molar-refractivity contribution in [3.8, 4) is 33.1 Å². The van der Waals surface area contributed by atoms with E-state index >= 15 is 0 Å². The number of aryl methyl sites for hydroxylation is 1. The van der Waals surface area contributed by atoms with Crippen molar-refractivity contribution in [3.63, 3.8) is 0 Å². The van der Waals surface area contributed by atoms with Gasteiger partial charge in [0.25, 0.3) is 0 Å². The largest absolute Gasteiger partial charge is 0.481 e. The summed E-state index contributed by atoms with van der Waals surface area (Å²) in [5.41, 5.74) is 3.14. The molecule has 1 aromatic heterocycles.